The molecule has 2 heterocycles. The van der Waals surface area contributed by atoms with Crippen molar-refractivity contribution in [2.75, 3.05) is 20.1 Å². The van der Waals surface area contributed by atoms with E-state index in [1.54, 1.807) is 22.8 Å². The molecule has 3 aromatic rings. The lowest BCUT2D eigenvalue weighted by Gasteiger charge is -2.16. The van der Waals surface area contributed by atoms with E-state index in [-0.39, 0.29) is 5.91 Å². The molecule has 0 aliphatic carbocycles. The summed E-state index contributed by atoms with van der Waals surface area (Å²) in [4.78, 5) is 14.0. The number of nitrogens with two attached hydrogens (primary N) is 1. The molecule has 0 atom stereocenters. The summed E-state index contributed by atoms with van der Waals surface area (Å²) in [7, 11) is 1.77. The number of carbonyl (C=O) groups excluding carboxylic acids is 1. The molecule has 0 aliphatic heterocycles. The van der Waals surface area contributed by atoms with Crippen LogP contribution in [0.15, 0.2) is 42.7 Å². The Labute approximate surface area is 134 Å². The summed E-state index contributed by atoms with van der Waals surface area (Å²) in [6, 6.07) is 10.3. The van der Waals surface area contributed by atoms with Gasteiger partial charge in [0.15, 0.2) is 5.69 Å². The molecule has 0 unspecified atom stereocenters. The smallest absolute Gasteiger partial charge is 0.275 e. The highest BCUT2D eigenvalue weighted by Crippen LogP contribution is 2.15. The van der Waals surface area contributed by atoms with Crippen LogP contribution in [-0.4, -0.2) is 50.5 Å². The fourth-order valence-corrected chi connectivity index (χ4v) is 2.53. The van der Waals surface area contributed by atoms with Crippen molar-refractivity contribution in [2.45, 2.75) is 13.1 Å². The van der Waals surface area contributed by atoms with Crippen molar-refractivity contribution in [2.24, 2.45) is 5.73 Å². The third kappa shape index (κ3) is 3.24. The first kappa shape index (κ1) is 15.2. The number of fused-ring (bicyclic) bond motifs is 1. The Hall–Kier alpha value is -2.67. The maximum Gasteiger partial charge on any atom is 0.275 e. The van der Waals surface area contributed by atoms with Crippen molar-refractivity contribution in [1.29, 1.82) is 0 Å². The largest absolute Gasteiger partial charge is 0.346 e. The number of likely N-dealkylation sites (N-methyl/N-ethyl adjacent to an activating group) is 1. The summed E-state index contributed by atoms with van der Waals surface area (Å²) in [5.74, 6) is -0.135. The second-order valence-electron chi connectivity index (χ2n) is 5.45. The zero-order valence-corrected chi connectivity index (χ0v) is 13.1. The molecule has 2 aromatic heterocycles. The number of para-hydroxylation sites is 1. The van der Waals surface area contributed by atoms with Gasteiger partial charge in [0, 0.05) is 38.4 Å². The number of amides is 1. The normalized spacial score (nSPS) is 11.0. The number of rotatable bonds is 6. The van der Waals surface area contributed by atoms with Gasteiger partial charge in [-0.2, -0.15) is 0 Å². The minimum Gasteiger partial charge on any atom is -0.346 e. The highest BCUT2D eigenvalue weighted by molar-refractivity contribution is 5.91. The van der Waals surface area contributed by atoms with E-state index in [0.29, 0.717) is 25.3 Å². The van der Waals surface area contributed by atoms with Crippen LogP contribution in [0.2, 0.25) is 0 Å². The molecule has 0 radical (unpaired) electrons. The van der Waals surface area contributed by atoms with E-state index in [4.69, 9.17) is 5.73 Å². The zero-order valence-electron chi connectivity index (χ0n) is 13.1. The number of aromatic nitrogens is 4. The molecule has 7 nitrogen and oxygen atoms in total. The Morgan fingerprint density at radius 1 is 1.26 bits per heavy atom. The van der Waals surface area contributed by atoms with Crippen LogP contribution >= 0.6 is 0 Å². The summed E-state index contributed by atoms with van der Waals surface area (Å²) in [5.41, 5.74) is 6.98. The average Bonchev–Trinajstić information content (AvgIpc) is 3.19. The lowest BCUT2D eigenvalue weighted by Crippen LogP contribution is -2.30. The SMILES string of the molecule is CN(CCn1ccc2ccccc21)C(=O)c1cn(CCN)nn1. The van der Waals surface area contributed by atoms with E-state index >= 15 is 0 Å². The zero-order chi connectivity index (χ0) is 16.2. The molecule has 120 valence electrons. The van der Waals surface area contributed by atoms with Crippen LogP contribution in [0, 0.1) is 0 Å². The van der Waals surface area contributed by atoms with Gasteiger partial charge in [0.05, 0.1) is 12.7 Å². The highest BCUT2D eigenvalue weighted by Gasteiger charge is 2.15. The van der Waals surface area contributed by atoms with Crippen LogP contribution < -0.4 is 5.73 Å². The van der Waals surface area contributed by atoms with Crippen molar-refractivity contribution in [3.63, 3.8) is 0 Å². The van der Waals surface area contributed by atoms with Gasteiger partial charge in [-0.1, -0.05) is 23.4 Å². The van der Waals surface area contributed by atoms with Crippen LogP contribution in [-0.2, 0) is 13.1 Å². The molecule has 0 spiro atoms. The summed E-state index contributed by atoms with van der Waals surface area (Å²) in [6.07, 6.45) is 3.68. The third-order valence-corrected chi connectivity index (χ3v) is 3.82. The van der Waals surface area contributed by atoms with Crippen molar-refractivity contribution in [3.8, 4) is 0 Å². The Bertz CT molecular complexity index is 806. The Balaban J connectivity index is 1.64. The number of carbonyl (C=O) groups is 1. The van der Waals surface area contributed by atoms with Gasteiger partial charge < -0.3 is 15.2 Å². The Morgan fingerprint density at radius 3 is 2.91 bits per heavy atom. The van der Waals surface area contributed by atoms with Crippen LogP contribution in [0.25, 0.3) is 10.9 Å². The van der Waals surface area contributed by atoms with E-state index in [1.807, 2.05) is 18.3 Å². The van der Waals surface area contributed by atoms with Gasteiger partial charge in [-0.3, -0.25) is 9.48 Å². The fourth-order valence-electron chi connectivity index (χ4n) is 2.53. The second kappa shape index (κ2) is 6.62. The molecular formula is C16H20N6O. The molecule has 23 heavy (non-hydrogen) atoms. The molecule has 0 saturated carbocycles. The van der Waals surface area contributed by atoms with Gasteiger partial charge >= 0.3 is 0 Å². The lowest BCUT2D eigenvalue weighted by atomic mass is 10.2. The van der Waals surface area contributed by atoms with Crippen LogP contribution in [0.4, 0.5) is 0 Å². The van der Waals surface area contributed by atoms with E-state index in [0.717, 1.165) is 6.54 Å². The van der Waals surface area contributed by atoms with Gasteiger partial charge in [-0.05, 0) is 17.5 Å². The predicted octanol–water partition coefficient (Wildman–Crippen LogP) is 0.964. The summed E-state index contributed by atoms with van der Waals surface area (Å²) < 4.78 is 3.73. The second-order valence-corrected chi connectivity index (χ2v) is 5.45. The molecule has 7 heteroatoms. The standard InChI is InChI=1S/C16H20N6O/c1-20(16(23)14-12-22(9-7-17)19-18-14)10-11-21-8-6-13-4-2-3-5-15(13)21/h2-6,8,12H,7,9-11,17H2,1H3. The number of hydrogen-bond donors (Lipinski definition) is 1. The minimum atomic E-state index is -0.135. The molecule has 0 saturated heterocycles. The van der Waals surface area contributed by atoms with Gasteiger partial charge in [0.25, 0.3) is 5.91 Å². The average molecular weight is 312 g/mol. The maximum absolute atomic E-state index is 12.4. The molecular weight excluding hydrogens is 292 g/mol. The van der Waals surface area contributed by atoms with E-state index in [2.05, 4.69) is 33.1 Å². The molecule has 0 aliphatic rings. The number of nitrogens with zero attached hydrogens (tertiary/aromatic N) is 5. The first-order valence-corrected chi connectivity index (χ1v) is 7.58. The van der Waals surface area contributed by atoms with Gasteiger partial charge in [-0.15, -0.1) is 5.10 Å². The van der Waals surface area contributed by atoms with Crippen molar-refractivity contribution in [1.82, 2.24) is 24.5 Å². The van der Waals surface area contributed by atoms with E-state index in [1.165, 1.54) is 10.9 Å². The first-order valence-electron chi connectivity index (χ1n) is 7.58. The molecule has 2 N–H and O–H groups in total. The minimum absolute atomic E-state index is 0.135. The summed E-state index contributed by atoms with van der Waals surface area (Å²) >= 11 is 0. The summed E-state index contributed by atoms with van der Waals surface area (Å²) in [5, 5.41) is 9.00. The molecule has 0 fully saturated rings. The Morgan fingerprint density at radius 2 is 2.09 bits per heavy atom. The highest BCUT2D eigenvalue weighted by atomic mass is 16.2. The van der Waals surface area contributed by atoms with Crippen LogP contribution in [0.1, 0.15) is 10.5 Å². The molecule has 1 aromatic carbocycles. The topological polar surface area (TPSA) is 82.0 Å². The molecule has 1 amide bonds. The monoisotopic (exact) mass is 312 g/mol. The van der Waals surface area contributed by atoms with Crippen molar-refractivity contribution >= 4 is 16.8 Å². The number of benzene rings is 1. The van der Waals surface area contributed by atoms with Gasteiger partial charge in [-0.25, -0.2) is 0 Å². The van der Waals surface area contributed by atoms with Crippen molar-refractivity contribution < 1.29 is 4.79 Å². The quantitative estimate of drug-likeness (QED) is 0.735. The van der Waals surface area contributed by atoms with Crippen molar-refractivity contribution in [3.05, 3.63) is 48.4 Å². The van der Waals surface area contributed by atoms with Gasteiger partial charge in [0.2, 0.25) is 0 Å². The summed E-state index contributed by atoms with van der Waals surface area (Å²) in [6.45, 7) is 2.35. The van der Waals surface area contributed by atoms with E-state index in [9.17, 15) is 4.79 Å². The van der Waals surface area contributed by atoms with Crippen LogP contribution in [0.3, 0.4) is 0 Å². The third-order valence-electron chi connectivity index (χ3n) is 3.82. The first-order chi connectivity index (χ1) is 11.2. The maximum atomic E-state index is 12.4. The van der Waals surface area contributed by atoms with Gasteiger partial charge in [0.1, 0.15) is 0 Å². The Kier molecular flexibility index (Phi) is 4.38. The number of hydrogen-bond acceptors (Lipinski definition) is 4. The molecule has 0 bridgehead atoms. The van der Waals surface area contributed by atoms with E-state index < -0.39 is 0 Å². The molecule has 3 rings (SSSR count). The van der Waals surface area contributed by atoms with Crippen LogP contribution in [0.5, 0.6) is 0 Å². The predicted molar refractivity (Wildman–Crippen MR) is 88.0 cm³/mol. The lowest BCUT2D eigenvalue weighted by molar-refractivity contribution is 0.0785. The fraction of sp³-hybridized carbons (Fsp3) is 0.312.